The number of ether oxygens (including phenoxy) is 1. The minimum Gasteiger partial charge on any atom is -0.495 e. The fourth-order valence-corrected chi connectivity index (χ4v) is 3.11. The van der Waals surface area contributed by atoms with E-state index in [-0.39, 0.29) is 24.2 Å². The first-order valence-corrected chi connectivity index (χ1v) is 8.66. The number of para-hydroxylation sites is 2. The highest BCUT2D eigenvalue weighted by molar-refractivity contribution is 14.1. The van der Waals surface area contributed by atoms with E-state index in [0.29, 0.717) is 18.0 Å². The molecule has 1 N–H and O–H groups in total. The van der Waals surface area contributed by atoms with Gasteiger partial charge in [-0.3, -0.25) is 9.59 Å². The van der Waals surface area contributed by atoms with Gasteiger partial charge in [-0.1, -0.05) is 12.1 Å². The van der Waals surface area contributed by atoms with E-state index in [9.17, 15) is 9.59 Å². The molecule has 2 aromatic rings. The van der Waals surface area contributed by atoms with Gasteiger partial charge in [0.15, 0.2) is 0 Å². The molecule has 1 fully saturated rings. The number of carbonyl (C=O) groups is 2. The third-order valence-electron chi connectivity index (χ3n) is 3.98. The predicted molar refractivity (Wildman–Crippen MR) is 101 cm³/mol. The van der Waals surface area contributed by atoms with Gasteiger partial charge in [-0.25, -0.2) is 0 Å². The Bertz CT molecular complexity index is 761. The summed E-state index contributed by atoms with van der Waals surface area (Å²) in [5.41, 5.74) is 1.44. The molecular weight excluding hydrogens is 419 g/mol. The molecule has 2 amide bonds. The zero-order chi connectivity index (χ0) is 17.1. The average Bonchev–Trinajstić information content (AvgIpc) is 2.98. The molecule has 0 saturated carbocycles. The number of amides is 2. The summed E-state index contributed by atoms with van der Waals surface area (Å²) in [6.45, 7) is 0.357. The van der Waals surface area contributed by atoms with Crippen LogP contribution in [0.25, 0.3) is 0 Å². The Labute approximate surface area is 154 Å². The highest BCUT2D eigenvalue weighted by atomic mass is 127. The van der Waals surface area contributed by atoms with Crippen molar-refractivity contribution in [1.82, 2.24) is 0 Å². The SMILES string of the molecule is COc1ccccc1N1C[C@@H](C(=O)Nc2ccc(I)cc2)CC1=O. The van der Waals surface area contributed by atoms with Crippen molar-refractivity contribution in [2.75, 3.05) is 23.9 Å². The van der Waals surface area contributed by atoms with Crippen LogP contribution in [0.2, 0.25) is 0 Å². The van der Waals surface area contributed by atoms with Crippen molar-refractivity contribution in [3.8, 4) is 5.75 Å². The van der Waals surface area contributed by atoms with E-state index >= 15 is 0 Å². The summed E-state index contributed by atoms with van der Waals surface area (Å²) in [6, 6.07) is 14.9. The van der Waals surface area contributed by atoms with Crippen molar-refractivity contribution in [2.24, 2.45) is 5.92 Å². The average molecular weight is 436 g/mol. The topological polar surface area (TPSA) is 58.6 Å². The molecule has 1 aliphatic heterocycles. The Morgan fingerprint density at radius 2 is 1.92 bits per heavy atom. The van der Waals surface area contributed by atoms with Crippen LogP contribution in [0, 0.1) is 9.49 Å². The monoisotopic (exact) mass is 436 g/mol. The van der Waals surface area contributed by atoms with Gasteiger partial charge in [-0.2, -0.15) is 0 Å². The molecule has 0 aliphatic carbocycles. The standard InChI is InChI=1S/C18H17IN2O3/c1-24-16-5-3-2-4-15(16)21-11-12(10-17(21)22)18(23)20-14-8-6-13(19)7-9-14/h2-9,12H,10-11H2,1H3,(H,20,23)/t12-/m0/s1. The van der Waals surface area contributed by atoms with Crippen molar-refractivity contribution in [2.45, 2.75) is 6.42 Å². The summed E-state index contributed by atoms with van der Waals surface area (Å²) in [6.07, 6.45) is 0.203. The van der Waals surface area contributed by atoms with E-state index in [0.717, 1.165) is 9.26 Å². The Morgan fingerprint density at radius 1 is 1.21 bits per heavy atom. The second kappa shape index (κ2) is 7.21. The number of benzene rings is 2. The van der Waals surface area contributed by atoms with Crippen LogP contribution in [0.3, 0.4) is 0 Å². The second-order valence-electron chi connectivity index (χ2n) is 5.57. The van der Waals surface area contributed by atoms with E-state index < -0.39 is 0 Å². The first-order chi connectivity index (χ1) is 11.6. The van der Waals surface area contributed by atoms with Crippen LogP contribution in [0.4, 0.5) is 11.4 Å². The Kier molecular flexibility index (Phi) is 5.03. The van der Waals surface area contributed by atoms with Crippen LogP contribution in [0.15, 0.2) is 48.5 Å². The number of methoxy groups -OCH3 is 1. The number of nitrogens with one attached hydrogen (secondary N) is 1. The normalized spacial score (nSPS) is 17.0. The maximum absolute atomic E-state index is 12.5. The molecule has 0 bridgehead atoms. The summed E-state index contributed by atoms with van der Waals surface area (Å²) < 4.78 is 6.41. The van der Waals surface area contributed by atoms with Crippen LogP contribution in [-0.4, -0.2) is 25.5 Å². The van der Waals surface area contributed by atoms with Gasteiger partial charge in [-0.05, 0) is 59.0 Å². The van der Waals surface area contributed by atoms with Gasteiger partial charge >= 0.3 is 0 Å². The van der Waals surface area contributed by atoms with Gasteiger partial charge in [0, 0.05) is 22.2 Å². The minimum absolute atomic E-state index is 0.0674. The second-order valence-corrected chi connectivity index (χ2v) is 6.82. The molecule has 0 spiro atoms. The lowest BCUT2D eigenvalue weighted by atomic mass is 10.1. The van der Waals surface area contributed by atoms with E-state index in [2.05, 4.69) is 27.9 Å². The molecule has 1 saturated heterocycles. The first kappa shape index (κ1) is 16.8. The van der Waals surface area contributed by atoms with E-state index in [4.69, 9.17) is 4.74 Å². The van der Waals surface area contributed by atoms with Crippen LogP contribution >= 0.6 is 22.6 Å². The zero-order valence-electron chi connectivity index (χ0n) is 13.2. The maximum Gasteiger partial charge on any atom is 0.229 e. The summed E-state index contributed by atoms with van der Waals surface area (Å²) in [4.78, 5) is 26.4. The molecule has 1 atom stereocenters. The van der Waals surface area contributed by atoms with Crippen molar-refractivity contribution >= 4 is 45.8 Å². The number of halogens is 1. The number of hydrogen-bond acceptors (Lipinski definition) is 3. The molecule has 1 aliphatic rings. The number of anilines is 2. The first-order valence-electron chi connectivity index (χ1n) is 7.58. The summed E-state index contributed by atoms with van der Waals surface area (Å²) in [5.74, 6) is 0.0513. The number of hydrogen-bond donors (Lipinski definition) is 1. The van der Waals surface area contributed by atoms with E-state index in [1.165, 1.54) is 0 Å². The fraction of sp³-hybridized carbons (Fsp3) is 0.222. The largest absolute Gasteiger partial charge is 0.495 e. The van der Waals surface area contributed by atoms with Crippen LogP contribution in [0.5, 0.6) is 5.75 Å². The van der Waals surface area contributed by atoms with Gasteiger partial charge in [0.1, 0.15) is 5.75 Å². The summed E-state index contributed by atoms with van der Waals surface area (Å²) >= 11 is 2.21. The third kappa shape index (κ3) is 3.53. The molecule has 0 unspecified atom stereocenters. The highest BCUT2D eigenvalue weighted by Crippen LogP contribution is 2.33. The highest BCUT2D eigenvalue weighted by Gasteiger charge is 2.36. The molecule has 5 nitrogen and oxygen atoms in total. The van der Waals surface area contributed by atoms with E-state index in [1.807, 2.05) is 48.5 Å². The van der Waals surface area contributed by atoms with Crippen LogP contribution in [-0.2, 0) is 9.59 Å². The van der Waals surface area contributed by atoms with Crippen molar-refractivity contribution in [1.29, 1.82) is 0 Å². The molecule has 24 heavy (non-hydrogen) atoms. The van der Waals surface area contributed by atoms with Crippen LogP contribution in [0.1, 0.15) is 6.42 Å². The minimum atomic E-state index is -0.373. The summed E-state index contributed by atoms with van der Waals surface area (Å²) in [7, 11) is 1.57. The number of carbonyl (C=O) groups excluding carboxylic acids is 2. The lowest BCUT2D eigenvalue weighted by molar-refractivity contribution is -0.122. The van der Waals surface area contributed by atoms with Gasteiger partial charge < -0.3 is 15.0 Å². The van der Waals surface area contributed by atoms with Crippen LogP contribution < -0.4 is 15.0 Å². The molecule has 0 aromatic heterocycles. The summed E-state index contributed by atoms with van der Waals surface area (Å²) in [5, 5.41) is 2.88. The lowest BCUT2D eigenvalue weighted by Crippen LogP contribution is -2.28. The Morgan fingerprint density at radius 3 is 2.62 bits per heavy atom. The molecule has 3 rings (SSSR count). The Balaban J connectivity index is 1.72. The quantitative estimate of drug-likeness (QED) is 0.749. The maximum atomic E-state index is 12.5. The molecular formula is C18H17IN2O3. The molecule has 6 heteroatoms. The molecule has 2 aromatic carbocycles. The lowest BCUT2D eigenvalue weighted by Gasteiger charge is -2.19. The molecule has 0 radical (unpaired) electrons. The van der Waals surface area contributed by atoms with Gasteiger partial charge in [0.2, 0.25) is 11.8 Å². The number of nitrogens with zero attached hydrogens (tertiary/aromatic N) is 1. The van der Waals surface area contributed by atoms with E-state index in [1.54, 1.807) is 12.0 Å². The van der Waals surface area contributed by atoms with Gasteiger partial charge in [0.05, 0.1) is 18.7 Å². The number of rotatable bonds is 4. The van der Waals surface area contributed by atoms with Crippen molar-refractivity contribution in [3.05, 3.63) is 52.1 Å². The third-order valence-corrected chi connectivity index (χ3v) is 4.70. The Hall–Kier alpha value is -2.09. The van der Waals surface area contributed by atoms with Crippen molar-refractivity contribution in [3.63, 3.8) is 0 Å². The van der Waals surface area contributed by atoms with Gasteiger partial charge in [-0.15, -0.1) is 0 Å². The van der Waals surface area contributed by atoms with Gasteiger partial charge in [0.25, 0.3) is 0 Å². The molecule has 124 valence electrons. The fourth-order valence-electron chi connectivity index (χ4n) is 2.75. The molecule has 1 heterocycles. The zero-order valence-corrected chi connectivity index (χ0v) is 15.3. The van der Waals surface area contributed by atoms with Crippen molar-refractivity contribution < 1.29 is 14.3 Å². The predicted octanol–water partition coefficient (Wildman–Crippen LogP) is 3.29. The smallest absolute Gasteiger partial charge is 0.229 e.